The van der Waals surface area contributed by atoms with Gasteiger partial charge in [0.2, 0.25) is 10.0 Å². The summed E-state index contributed by atoms with van der Waals surface area (Å²) in [4.78, 5) is 0.301. The first kappa shape index (κ1) is 15.3. The zero-order valence-corrected chi connectivity index (χ0v) is 12.3. The summed E-state index contributed by atoms with van der Waals surface area (Å²) in [6, 6.07) is 8.39. The van der Waals surface area contributed by atoms with E-state index in [0.29, 0.717) is 16.7 Å². The fraction of sp³-hybridized carbons (Fsp3) is 0.385. The maximum absolute atomic E-state index is 11.8. The van der Waals surface area contributed by atoms with Crippen molar-refractivity contribution in [1.82, 2.24) is 4.72 Å². The quantitative estimate of drug-likeness (QED) is 0.783. The highest BCUT2D eigenvalue weighted by Crippen LogP contribution is 2.08. The maximum Gasteiger partial charge on any atom is 0.240 e. The van der Waals surface area contributed by atoms with Crippen LogP contribution in [0.3, 0.4) is 0 Å². The smallest absolute Gasteiger partial charge is 0.207 e. The lowest BCUT2D eigenvalue weighted by Crippen LogP contribution is -2.23. The molecule has 0 unspecified atom stereocenters. The van der Waals surface area contributed by atoms with E-state index in [1.807, 2.05) is 23.9 Å². The highest BCUT2D eigenvalue weighted by molar-refractivity contribution is 8.00. The molecule has 5 heteroatoms. The Balaban J connectivity index is 2.39. The minimum atomic E-state index is -3.37. The Hall–Kier alpha value is -0.780. The van der Waals surface area contributed by atoms with E-state index in [-0.39, 0.29) is 0 Å². The summed E-state index contributed by atoms with van der Waals surface area (Å²) in [5, 5.41) is 0.593. The van der Waals surface area contributed by atoms with Crippen molar-refractivity contribution in [3.63, 3.8) is 0 Å². The van der Waals surface area contributed by atoms with Crippen LogP contribution >= 0.6 is 11.8 Å². The van der Waals surface area contributed by atoms with Crippen molar-refractivity contribution in [1.29, 1.82) is 0 Å². The highest BCUT2D eigenvalue weighted by Gasteiger charge is 2.10. The van der Waals surface area contributed by atoms with Gasteiger partial charge in [-0.25, -0.2) is 13.1 Å². The topological polar surface area (TPSA) is 46.2 Å². The van der Waals surface area contributed by atoms with E-state index in [4.69, 9.17) is 0 Å². The van der Waals surface area contributed by atoms with Crippen LogP contribution in [-0.2, 0) is 10.0 Å². The van der Waals surface area contributed by atoms with Crippen LogP contribution in [0, 0.1) is 0 Å². The standard InChI is InChI=1S/C13H19NO2S2/c1-12(2)17-11-7-6-10-14-18(15,16)13-8-4-3-5-9-13/h3-9,12,14H,10-11H2,1-2H3/b7-6-. The molecule has 1 aromatic rings. The summed E-state index contributed by atoms with van der Waals surface area (Å²) in [6.07, 6.45) is 3.83. The van der Waals surface area contributed by atoms with Crippen molar-refractivity contribution in [3.05, 3.63) is 42.5 Å². The number of benzene rings is 1. The lowest BCUT2D eigenvalue weighted by molar-refractivity contribution is 0.585. The molecule has 0 aromatic heterocycles. The minimum Gasteiger partial charge on any atom is -0.207 e. The van der Waals surface area contributed by atoms with Gasteiger partial charge in [-0.2, -0.15) is 11.8 Å². The fourth-order valence-corrected chi connectivity index (χ4v) is 2.87. The summed E-state index contributed by atoms with van der Waals surface area (Å²) in [6.45, 7) is 4.60. The van der Waals surface area contributed by atoms with Crippen LogP contribution in [0.2, 0.25) is 0 Å². The van der Waals surface area contributed by atoms with E-state index < -0.39 is 10.0 Å². The van der Waals surface area contributed by atoms with Crippen LogP contribution in [-0.4, -0.2) is 26.0 Å². The van der Waals surface area contributed by atoms with Crippen LogP contribution in [0.4, 0.5) is 0 Å². The van der Waals surface area contributed by atoms with Gasteiger partial charge in [-0.1, -0.05) is 44.2 Å². The van der Waals surface area contributed by atoms with Crippen LogP contribution in [0.1, 0.15) is 13.8 Å². The maximum atomic E-state index is 11.8. The minimum absolute atomic E-state index is 0.301. The van der Waals surface area contributed by atoms with Gasteiger partial charge in [-0.05, 0) is 17.4 Å². The SMILES string of the molecule is CC(C)SC/C=C\CNS(=O)(=O)c1ccccc1. The second-order valence-corrected chi connectivity index (χ2v) is 7.39. The normalized spacial score (nSPS) is 12.4. The third kappa shape index (κ3) is 5.71. The second kappa shape index (κ2) is 7.61. The number of rotatable bonds is 7. The average molecular weight is 285 g/mol. The summed E-state index contributed by atoms with van der Waals surface area (Å²) < 4.78 is 26.2. The van der Waals surface area contributed by atoms with Crippen molar-refractivity contribution in [3.8, 4) is 0 Å². The number of thioether (sulfide) groups is 1. The molecule has 0 aliphatic rings. The molecule has 0 bridgehead atoms. The molecular formula is C13H19NO2S2. The Bertz CT molecular complexity index is 467. The van der Waals surface area contributed by atoms with Crippen LogP contribution in [0.15, 0.2) is 47.4 Å². The van der Waals surface area contributed by atoms with Crippen LogP contribution in [0.25, 0.3) is 0 Å². The van der Waals surface area contributed by atoms with Gasteiger partial charge < -0.3 is 0 Å². The number of nitrogens with one attached hydrogen (secondary N) is 1. The highest BCUT2D eigenvalue weighted by atomic mass is 32.2. The van der Waals surface area contributed by atoms with E-state index in [0.717, 1.165) is 5.75 Å². The van der Waals surface area contributed by atoms with Gasteiger partial charge in [0.1, 0.15) is 0 Å². The Morgan fingerprint density at radius 2 is 1.89 bits per heavy atom. The van der Waals surface area contributed by atoms with Crippen LogP contribution < -0.4 is 4.72 Å². The summed E-state index contributed by atoms with van der Waals surface area (Å²) >= 11 is 1.82. The zero-order valence-electron chi connectivity index (χ0n) is 10.7. The van der Waals surface area contributed by atoms with Gasteiger partial charge in [0, 0.05) is 12.3 Å². The third-order valence-electron chi connectivity index (χ3n) is 2.14. The predicted octanol–water partition coefficient (Wildman–Crippen LogP) is 2.66. The van der Waals surface area contributed by atoms with Crippen LogP contribution in [0.5, 0.6) is 0 Å². The molecule has 1 aromatic carbocycles. The number of sulfonamides is 1. The first-order valence-electron chi connectivity index (χ1n) is 5.83. The molecule has 0 atom stereocenters. The monoisotopic (exact) mass is 285 g/mol. The molecule has 0 saturated carbocycles. The van der Waals surface area contributed by atoms with E-state index in [1.165, 1.54) is 0 Å². The predicted molar refractivity (Wildman–Crippen MR) is 78.4 cm³/mol. The number of hydrogen-bond donors (Lipinski definition) is 1. The van der Waals surface area contributed by atoms with Gasteiger partial charge in [-0.15, -0.1) is 0 Å². The largest absolute Gasteiger partial charge is 0.240 e. The fourth-order valence-electron chi connectivity index (χ4n) is 1.24. The molecule has 18 heavy (non-hydrogen) atoms. The van der Waals surface area contributed by atoms with Crippen molar-refractivity contribution in [2.75, 3.05) is 12.3 Å². The van der Waals surface area contributed by atoms with Crippen molar-refractivity contribution >= 4 is 21.8 Å². The van der Waals surface area contributed by atoms with Gasteiger partial charge in [0.25, 0.3) is 0 Å². The molecule has 0 saturated heterocycles. The molecule has 0 amide bonds. The summed E-state index contributed by atoms with van der Waals surface area (Å²) in [5.74, 6) is 0.907. The Morgan fingerprint density at radius 1 is 1.22 bits per heavy atom. The first-order chi connectivity index (χ1) is 8.52. The van der Waals surface area contributed by atoms with Gasteiger partial charge in [0.05, 0.1) is 4.90 Å². The van der Waals surface area contributed by atoms with E-state index in [2.05, 4.69) is 18.6 Å². The summed E-state index contributed by atoms with van der Waals surface area (Å²) in [5.41, 5.74) is 0. The van der Waals surface area contributed by atoms with E-state index >= 15 is 0 Å². The molecule has 0 fully saturated rings. The van der Waals surface area contributed by atoms with Gasteiger partial charge in [0.15, 0.2) is 0 Å². The van der Waals surface area contributed by atoms with Crippen molar-refractivity contribution in [2.24, 2.45) is 0 Å². The van der Waals surface area contributed by atoms with E-state index in [9.17, 15) is 8.42 Å². The average Bonchev–Trinajstić information content (AvgIpc) is 2.34. The molecule has 1 rings (SSSR count). The molecule has 3 nitrogen and oxygen atoms in total. The zero-order chi connectivity index (χ0) is 13.4. The van der Waals surface area contributed by atoms with Crippen molar-refractivity contribution < 1.29 is 8.42 Å². The lowest BCUT2D eigenvalue weighted by Gasteiger charge is -2.04. The lowest BCUT2D eigenvalue weighted by atomic mass is 10.4. The molecule has 0 heterocycles. The second-order valence-electron chi connectivity index (χ2n) is 4.02. The Labute approximate surface area is 114 Å². The first-order valence-corrected chi connectivity index (χ1v) is 8.37. The molecule has 1 N–H and O–H groups in total. The Morgan fingerprint density at radius 3 is 2.50 bits per heavy atom. The molecule has 0 radical (unpaired) electrons. The third-order valence-corrected chi connectivity index (χ3v) is 4.63. The van der Waals surface area contributed by atoms with Gasteiger partial charge in [-0.3, -0.25) is 0 Å². The Kier molecular flexibility index (Phi) is 6.46. The van der Waals surface area contributed by atoms with E-state index in [1.54, 1.807) is 30.3 Å². The molecule has 0 spiro atoms. The molecule has 0 aliphatic heterocycles. The van der Waals surface area contributed by atoms with Gasteiger partial charge >= 0.3 is 0 Å². The molecular weight excluding hydrogens is 266 g/mol. The van der Waals surface area contributed by atoms with Crippen molar-refractivity contribution in [2.45, 2.75) is 24.0 Å². The molecule has 0 aliphatic carbocycles. The number of hydrogen-bond acceptors (Lipinski definition) is 3. The summed E-state index contributed by atoms with van der Waals surface area (Å²) in [7, 11) is -3.37. The molecule has 100 valence electrons.